The summed E-state index contributed by atoms with van der Waals surface area (Å²) in [5.41, 5.74) is 0. The van der Waals surface area contributed by atoms with Gasteiger partial charge in [-0.3, -0.25) is 0 Å². The second kappa shape index (κ2) is 13.7. The molecule has 0 spiro atoms. The SMILES string of the molecule is O=S(=O)(c1ccc(Cl)cc1)c1ccc(Oc2ccc(S(=O)(=O)c3ccc(Oc4ccc(S(=O)(=O)c5ccc(Cl)cc5)cc4)cc3)cc2)cc1. The molecule has 0 heterocycles. The van der Waals surface area contributed by atoms with E-state index < -0.39 is 29.5 Å². The van der Waals surface area contributed by atoms with E-state index >= 15 is 0 Å². The lowest BCUT2D eigenvalue weighted by atomic mass is 10.3. The predicted molar refractivity (Wildman–Crippen MR) is 185 cm³/mol. The average Bonchev–Trinajstić information content (AvgIpc) is 3.10. The first-order valence-corrected chi connectivity index (χ1v) is 19.6. The van der Waals surface area contributed by atoms with Crippen LogP contribution in [-0.4, -0.2) is 25.3 Å². The minimum absolute atomic E-state index is 0.0374. The zero-order valence-corrected chi connectivity index (χ0v) is 29.1. The molecule has 6 rings (SSSR count). The molecule has 6 aromatic carbocycles. The minimum atomic E-state index is -3.88. The Morgan fingerprint density at radius 1 is 0.286 bits per heavy atom. The van der Waals surface area contributed by atoms with Gasteiger partial charge in [0.2, 0.25) is 29.5 Å². The summed E-state index contributed by atoms with van der Waals surface area (Å²) >= 11 is 11.7. The van der Waals surface area contributed by atoms with Gasteiger partial charge >= 0.3 is 0 Å². The van der Waals surface area contributed by atoms with Crippen LogP contribution in [0.15, 0.2) is 175 Å². The van der Waals surface area contributed by atoms with Crippen LogP contribution in [0.1, 0.15) is 0 Å². The predicted octanol–water partition coefficient (Wildman–Crippen LogP) is 9.08. The number of rotatable bonds is 10. The van der Waals surface area contributed by atoms with Crippen LogP contribution in [0.4, 0.5) is 0 Å². The molecule has 0 unspecified atom stereocenters. The van der Waals surface area contributed by atoms with Crippen LogP contribution in [-0.2, 0) is 29.5 Å². The third-order valence-corrected chi connectivity index (χ3v) is 13.1. The largest absolute Gasteiger partial charge is 0.457 e. The van der Waals surface area contributed by atoms with E-state index in [1.807, 2.05) is 0 Å². The molecule has 6 aromatic rings. The van der Waals surface area contributed by atoms with Crippen molar-refractivity contribution in [3.63, 3.8) is 0 Å². The Labute approximate surface area is 293 Å². The molecular formula is C36H24Cl2O8S3. The Bertz CT molecular complexity index is 2260. The Balaban J connectivity index is 1.09. The van der Waals surface area contributed by atoms with Crippen molar-refractivity contribution in [1.29, 1.82) is 0 Å². The van der Waals surface area contributed by atoms with Crippen molar-refractivity contribution in [2.45, 2.75) is 29.4 Å². The summed E-state index contributed by atoms with van der Waals surface area (Å²) in [7, 11) is -11.4. The minimum Gasteiger partial charge on any atom is -0.457 e. The highest BCUT2D eigenvalue weighted by molar-refractivity contribution is 7.92. The number of benzene rings is 6. The number of sulfone groups is 3. The van der Waals surface area contributed by atoms with Gasteiger partial charge in [-0.1, -0.05) is 23.2 Å². The number of hydrogen-bond donors (Lipinski definition) is 0. The monoisotopic (exact) mass is 750 g/mol. The van der Waals surface area contributed by atoms with Gasteiger partial charge in [-0.15, -0.1) is 0 Å². The van der Waals surface area contributed by atoms with E-state index in [-0.39, 0.29) is 29.4 Å². The van der Waals surface area contributed by atoms with E-state index in [9.17, 15) is 25.3 Å². The van der Waals surface area contributed by atoms with E-state index in [0.29, 0.717) is 33.0 Å². The lowest BCUT2D eigenvalue weighted by Gasteiger charge is -2.10. The first-order valence-electron chi connectivity index (χ1n) is 14.3. The van der Waals surface area contributed by atoms with E-state index in [2.05, 4.69) is 0 Å². The number of ether oxygens (including phenoxy) is 2. The topological polar surface area (TPSA) is 121 Å². The maximum atomic E-state index is 13.3. The summed E-state index contributed by atoms with van der Waals surface area (Å²) in [4.78, 5) is 0.462. The summed E-state index contributed by atoms with van der Waals surface area (Å²) in [6.45, 7) is 0. The molecular weight excluding hydrogens is 727 g/mol. The lowest BCUT2D eigenvalue weighted by Crippen LogP contribution is -2.02. The Morgan fingerprint density at radius 2 is 0.449 bits per heavy atom. The fourth-order valence-corrected chi connectivity index (χ4v) is 8.69. The van der Waals surface area contributed by atoms with Gasteiger partial charge in [0.05, 0.1) is 29.4 Å². The second-order valence-electron chi connectivity index (χ2n) is 10.5. The van der Waals surface area contributed by atoms with Crippen molar-refractivity contribution in [2.24, 2.45) is 0 Å². The highest BCUT2D eigenvalue weighted by Crippen LogP contribution is 2.31. The lowest BCUT2D eigenvalue weighted by molar-refractivity contribution is 0.481. The van der Waals surface area contributed by atoms with Crippen molar-refractivity contribution in [3.8, 4) is 23.0 Å². The zero-order valence-electron chi connectivity index (χ0n) is 25.1. The summed E-state index contributed by atoms with van der Waals surface area (Å²) in [6, 6.07) is 35.1. The molecule has 0 aliphatic heterocycles. The van der Waals surface area contributed by atoms with Gasteiger partial charge in [-0.2, -0.15) is 0 Å². The first kappa shape index (κ1) is 34.2. The molecule has 0 aliphatic rings. The molecule has 0 N–H and O–H groups in total. The average molecular weight is 752 g/mol. The molecule has 0 saturated heterocycles. The van der Waals surface area contributed by atoms with E-state index in [1.54, 1.807) is 0 Å². The normalized spacial score (nSPS) is 12.0. The van der Waals surface area contributed by atoms with Gasteiger partial charge in [-0.05, 0) is 146 Å². The number of halogens is 2. The zero-order chi connectivity index (χ0) is 34.8. The Morgan fingerprint density at radius 3 is 0.633 bits per heavy atom. The van der Waals surface area contributed by atoms with E-state index in [1.165, 1.54) is 146 Å². The Hall–Kier alpha value is -4.65. The summed E-state index contributed by atoms with van der Waals surface area (Å²) < 4.78 is 89.7. The highest BCUT2D eigenvalue weighted by atomic mass is 35.5. The fourth-order valence-electron chi connectivity index (χ4n) is 4.66. The molecule has 0 amide bonds. The van der Waals surface area contributed by atoms with Gasteiger partial charge in [0.25, 0.3) is 0 Å². The maximum absolute atomic E-state index is 13.3. The van der Waals surface area contributed by atoms with Crippen LogP contribution in [0.5, 0.6) is 23.0 Å². The molecule has 0 fully saturated rings. The van der Waals surface area contributed by atoms with Gasteiger partial charge in [0.1, 0.15) is 23.0 Å². The van der Waals surface area contributed by atoms with E-state index in [4.69, 9.17) is 32.7 Å². The molecule has 0 bridgehead atoms. The van der Waals surface area contributed by atoms with Crippen LogP contribution >= 0.6 is 23.2 Å². The highest BCUT2D eigenvalue weighted by Gasteiger charge is 2.20. The molecule has 0 aromatic heterocycles. The standard InChI is InChI=1S/C36H24Cl2O8S3/c37-25-1-13-31(14-2-25)47(39,40)33-17-5-27(6-18-33)45-29-9-21-35(22-10-29)49(43,44)36-23-11-30(12-24-36)46-28-7-19-34(20-8-28)48(41,42)32-15-3-26(38)4-16-32/h1-24H. The summed E-state index contributed by atoms with van der Waals surface area (Å²) in [5, 5.41) is 0.857. The van der Waals surface area contributed by atoms with Crippen LogP contribution in [0.3, 0.4) is 0 Å². The number of hydrogen-bond acceptors (Lipinski definition) is 8. The molecule has 0 radical (unpaired) electrons. The maximum Gasteiger partial charge on any atom is 0.206 e. The smallest absolute Gasteiger partial charge is 0.206 e. The van der Waals surface area contributed by atoms with Crippen LogP contribution < -0.4 is 9.47 Å². The van der Waals surface area contributed by atoms with Gasteiger partial charge in [0.15, 0.2) is 0 Å². The fraction of sp³-hybridized carbons (Fsp3) is 0. The van der Waals surface area contributed by atoms with Crippen LogP contribution in [0.2, 0.25) is 10.0 Å². The van der Waals surface area contributed by atoms with Crippen molar-refractivity contribution < 1.29 is 34.7 Å². The van der Waals surface area contributed by atoms with Crippen LogP contribution in [0.25, 0.3) is 0 Å². The van der Waals surface area contributed by atoms with Gasteiger partial charge < -0.3 is 9.47 Å². The van der Waals surface area contributed by atoms with E-state index in [0.717, 1.165) is 0 Å². The quantitative estimate of drug-likeness (QED) is 0.136. The summed E-state index contributed by atoms with van der Waals surface area (Å²) in [6.07, 6.45) is 0. The Kier molecular flexibility index (Phi) is 9.56. The van der Waals surface area contributed by atoms with Crippen molar-refractivity contribution >= 4 is 52.7 Å². The van der Waals surface area contributed by atoms with Crippen molar-refractivity contribution in [1.82, 2.24) is 0 Å². The van der Waals surface area contributed by atoms with Crippen LogP contribution in [0, 0.1) is 0 Å². The van der Waals surface area contributed by atoms with Gasteiger partial charge in [0, 0.05) is 10.0 Å². The molecule has 0 atom stereocenters. The molecule has 13 heteroatoms. The molecule has 0 aliphatic carbocycles. The van der Waals surface area contributed by atoms with Gasteiger partial charge in [-0.25, -0.2) is 25.3 Å². The third kappa shape index (κ3) is 7.51. The third-order valence-electron chi connectivity index (χ3n) is 7.26. The molecule has 0 saturated carbocycles. The van der Waals surface area contributed by atoms with Crippen molar-refractivity contribution in [2.75, 3.05) is 0 Å². The first-order chi connectivity index (χ1) is 23.3. The van der Waals surface area contributed by atoms with Crippen molar-refractivity contribution in [3.05, 3.63) is 156 Å². The molecule has 49 heavy (non-hydrogen) atoms. The summed E-state index contributed by atoms with van der Waals surface area (Å²) in [5.74, 6) is 1.42. The second-order valence-corrected chi connectivity index (χ2v) is 17.2. The molecule has 248 valence electrons. The molecule has 8 nitrogen and oxygen atoms in total.